The second-order valence-corrected chi connectivity index (χ2v) is 6.73. The lowest BCUT2D eigenvalue weighted by Crippen LogP contribution is -2.08. The van der Waals surface area contributed by atoms with Gasteiger partial charge in [-0.3, -0.25) is 0 Å². The molecule has 0 saturated heterocycles. The highest BCUT2D eigenvalue weighted by atomic mass is 35.5. The summed E-state index contributed by atoms with van der Waals surface area (Å²) in [5.41, 5.74) is -6.86. The molecule has 0 N–H and O–H groups in total. The van der Waals surface area contributed by atoms with E-state index in [-0.39, 0.29) is 5.69 Å². The van der Waals surface area contributed by atoms with Crippen molar-refractivity contribution in [2.75, 3.05) is 0 Å². The minimum absolute atomic E-state index is 0.364. The molecule has 1 aromatic carbocycles. The van der Waals surface area contributed by atoms with Crippen LogP contribution < -0.4 is 4.74 Å². The fourth-order valence-electron chi connectivity index (χ4n) is 2.01. The summed E-state index contributed by atoms with van der Waals surface area (Å²) in [6.07, 6.45) is -4.79. The first-order valence-corrected chi connectivity index (χ1v) is 8.14. The number of hydrogen-bond donors (Lipinski definition) is 0. The quantitative estimate of drug-likeness (QED) is 0.374. The Labute approximate surface area is 160 Å². The van der Waals surface area contributed by atoms with Gasteiger partial charge in [-0.05, 0) is 30.8 Å². The van der Waals surface area contributed by atoms with Gasteiger partial charge in [-0.1, -0.05) is 23.2 Å². The Hall–Kier alpha value is -1.40. The van der Waals surface area contributed by atoms with Crippen molar-refractivity contribution >= 4 is 35.0 Å². The Morgan fingerprint density at radius 2 is 1.59 bits per heavy atom. The second kappa shape index (κ2) is 7.55. The van der Waals surface area contributed by atoms with Gasteiger partial charge in [-0.25, -0.2) is 4.68 Å². The Bertz CT molecular complexity index is 827. The van der Waals surface area contributed by atoms with Crippen molar-refractivity contribution in [3.63, 3.8) is 0 Å². The molecule has 0 bridgehead atoms. The third-order valence-electron chi connectivity index (χ3n) is 3.01. The number of halogens is 10. The molecule has 0 saturated carbocycles. The van der Waals surface area contributed by atoms with Gasteiger partial charge in [-0.15, -0.1) is 5.10 Å². The smallest absolute Gasteiger partial charge is 0.414 e. The molecular formula is C13H6Cl2F8N2OS. The number of thioether (sulfide) groups is 1. The number of ether oxygens (including phenoxy) is 1. The molecule has 150 valence electrons. The number of alkyl halides is 8. The number of hydrogen-bond acceptors (Lipinski definition) is 3. The largest absolute Gasteiger partial charge is 0.446 e. The number of nitrogens with zero attached hydrogens (tertiary/aromatic N) is 2. The zero-order valence-corrected chi connectivity index (χ0v) is 15.1. The van der Waals surface area contributed by atoms with Crippen LogP contribution in [0.15, 0.2) is 17.0 Å². The van der Waals surface area contributed by atoms with Crippen LogP contribution in [0.2, 0.25) is 10.0 Å². The summed E-state index contributed by atoms with van der Waals surface area (Å²) < 4.78 is 106. The predicted molar refractivity (Wildman–Crippen MR) is 81.9 cm³/mol. The molecule has 0 aliphatic heterocycles. The van der Waals surface area contributed by atoms with Gasteiger partial charge in [0.15, 0.2) is 0 Å². The highest BCUT2D eigenvalue weighted by Gasteiger charge is 2.36. The second-order valence-electron chi connectivity index (χ2n) is 4.84. The van der Waals surface area contributed by atoms with Crippen LogP contribution in [-0.4, -0.2) is 21.9 Å². The normalized spacial score (nSPS) is 12.7. The maximum atomic E-state index is 12.8. The summed E-state index contributed by atoms with van der Waals surface area (Å²) in [6, 6.07) is 0.961. The Morgan fingerprint density at radius 3 is 2.00 bits per heavy atom. The zero-order valence-electron chi connectivity index (χ0n) is 12.7. The highest BCUT2D eigenvalue weighted by molar-refractivity contribution is 8.00. The average molecular weight is 461 g/mol. The van der Waals surface area contributed by atoms with Crippen LogP contribution in [0.3, 0.4) is 0 Å². The molecule has 0 fully saturated rings. The van der Waals surface area contributed by atoms with Gasteiger partial charge in [0, 0.05) is 0 Å². The topological polar surface area (TPSA) is 27.1 Å². The van der Waals surface area contributed by atoms with Gasteiger partial charge < -0.3 is 4.74 Å². The Balaban J connectivity index is 2.66. The monoisotopic (exact) mass is 460 g/mol. The van der Waals surface area contributed by atoms with Gasteiger partial charge in [0.2, 0.25) is 0 Å². The third kappa shape index (κ3) is 5.11. The van der Waals surface area contributed by atoms with E-state index in [0.717, 1.165) is 6.92 Å². The van der Waals surface area contributed by atoms with Crippen LogP contribution >= 0.6 is 35.0 Å². The molecule has 0 spiro atoms. The molecular weight excluding hydrogens is 455 g/mol. The minimum atomic E-state index is -4.87. The van der Waals surface area contributed by atoms with Gasteiger partial charge in [0.25, 0.3) is 5.88 Å². The summed E-state index contributed by atoms with van der Waals surface area (Å²) in [5.74, 6) is -1.07. The number of aromatic nitrogens is 2. The van der Waals surface area contributed by atoms with Crippen LogP contribution in [-0.2, 0) is 6.18 Å². The van der Waals surface area contributed by atoms with Crippen molar-refractivity contribution in [1.82, 2.24) is 9.78 Å². The lowest BCUT2D eigenvalue weighted by atomic mass is 10.2. The highest BCUT2D eigenvalue weighted by Crippen LogP contribution is 2.45. The molecule has 0 aliphatic rings. The summed E-state index contributed by atoms with van der Waals surface area (Å²) >= 11 is 10.8. The summed E-state index contributed by atoms with van der Waals surface area (Å²) in [6.45, 7) is -2.43. The lowest BCUT2D eigenvalue weighted by Gasteiger charge is -2.13. The zero-order chi connectivity index (χ0) is 20.7. The predicted octanol–water partition coefficient (Wildman–Crippen LogP) is 6.72. The molecule has 0 radical (unpaired) electrons. The molecule has 0 unspecified atom stereocenters. The molecule has 27 heavy (non-hydrogen) atoms. The molecule has 3 nitrogen and oxygen atoms in total. The molecule has 0 atom stereocenters. The van der Waals surface area contributed by atoms with E-state index in [1.165, 1.54) is 0 Å². The molecule has 14 heteroatoms. The van der Waals surface area contributed by atoms with Gasteiger partial charge in [0.05, 0.1) is 21.3 Å². The SMILES string of the molecule is Cc1c(SC(F)(F)F)c(OC(F)F)nn1-c1c(Cl)cc(C(F)(F)F)cc1Cl. The molecule has 1 heterocycles. The van der Waals surface area contributed by atoms with E-state index in [9.17, 15) is 35.1 Å². The summed E-state index contributed by atoms with van der Waals surface area (Å²) in [5, 5.41) is 2.25. The van der Waals surface area contributed by atoms with Gasteiger partial charge in [0.1, 0.15) is 10.6 Å². The van der Waals surface area contributed by atoms with Crippen molar-refractivity contribution in [3.05, 3.63) is 33.4 Å². The van der Waals surface area contributed by atoms with E-state index in [1.807, 2.05) is 0 Å². The summed E-state index contributed by atoms with van der Waals surface area (Å²) in [7, 11) is 0. The Kier molecular flexibility index (Phi) is 6.12. The standard InChI is InChI=1S/C13H6Cl2F8N2OS/c1-4-9(27-13(21,22)23)10(26-11(16)17)24-25(4)8-6(14)2-5(3-7(8)15)12(18,19)20/h2-3,11H,1H3. The fraction of sp³-hybridized carbons (Fsp3) is 0.308. The van der Waals surface area contributed by atoms with Crippen molar-refractivity contribution in [3.8, 4) is 11.6 Å². The maximum absolute atomic E-state index is 12.8. The van der Waals surface area contributed by atoms with Crippen LogP contribution in [0.25, 0.3) is 5.69 Å². The van der Waals surface area contributed by atoms with E-state index in [1.54, 1.807) is 0 Å². The van der Waals surface area contributed by atoms with E-state index in [4.69, 9.17) is 23.2 Å². The van der Waals surface area contributed by atoms with Crippen molar-refractivity contribution in [1.29, 1.82) is 0 Å². The molecule has 1 aromatic heterocycles. The van der Waals surface area contributed by atoms with Crippen molar-refractivity contribution in [2.24, 2.45) is 0 Å². The first kappa shape index (κ1) is 21.9. The molecule has 2 rings (SSSR count). The first-order chi connectivity index (χ1) is 12.2. The molecule has 2 aromatic rings. The van der Waals surface area contributed by atoms with Crippen LogP contribution in [0, 0.1) is 6.92 Å². The van der Waals surface area contributed by atoms with Crippen LogP contribution in [0.4, 0.5) is 35.1 Å². The number of rotatable bonds is 4. The van der Waals surface area contributed by atoms with Gasteiger partial charge >= 0.3 is 18.3 Å². The first-order valence-electron chi connectivity index (χ1n) is 6.57. The number of benzene rings is 1. The van der Waals surface area contributed by atoms with E-state index in [2.05, 4.69) is 9.84 Å². The van der Waals surface area contributed by atoms with E-state index >= 15 is 0 Å². The fourth-order valence-corrected chi connectivity index (χ4v) is 3.30. The molecule has 0 aliphatic carbocycles. The van der Waals surface area contributed by atoms with Crippen molar-refractivity contribution in [2.45, 2.75) is 30.1 Å². The van der Waals surface area contributed by atoms with Gasteiger partial charge in [-0.2, -0.15) is 35.1 Å². The molecule has 0 amide bonds. The van der Waals surface area contributed by atoms with E-state index in [0.29, 0.717) is 16.8 Å². The summed E-state index contributed by atoms with van der Waals surface area (Å²) in [4.78, 5) is -0.810. The average Bonchev–Trinajstić information content (AvgIpc) is 2.72. The minimum Gasteiger partial charge on any atom is -0.414 e. The lowest BCUT2D eigenvalue weighted by molar-refractivity contribution is -0.137. The van der Waals surface area contributed by atoms with Crippen LogP contribution in [0.5, 0.6) is 5.88 Å². The van der Waals surface area contributed by atoms with E-state index < -0.39 is 62.1 Å². The Morgan fingerprint density at radius 1 is 1.07 bits per heavy atom. The maximum Gasteiger partial charge on any atom is 0.446 e. The third-order valence-corrected chi connectivity index (χ3v) is 4.49. The van der Waals surface area contributed by atoms with Crippen molar-refractivity contribution < 1.29 is 39.9 Å². The van der Waals surface area contributed by atoms with Crippen LogP contribution in [0.1, 0.15) is 11.3 Å².